The van der Waals surface area contributed by atoms with E-state index in [9.17, 15) is 33.9 Å². The summed E-state index contributed by atoms with van der Waals surface area (Å²) >= 11 is 0. The van der Waals surface area contributed by atoms with Crippen LogP contribution in [0.4, 0.5) is 0 Å². The first-order valence-corrected chi connectivity index (χ1v) is 23.6. The van der Waals surface area contributed by atoms with Gasteiger partial charge in [0, 0.05) is 51.7 Å². The molecule has 5 amide bonds. The van der Waals surface area contributed by atoms with Crippen LogP contribution in [0.1, 0.15) is 91.5 Å². The number of likely N-dealkylation sites (N-methyl/N-ethyl adjacent to an activating group) is 1. The number of aliphatic carboxylic acids is 1. The number of rotatable bonds is 28. The lowest BCUT2D eigenvalue weighted by Crippen LogP contribution is -2.60. The Labute approximate surface area is 389 Å². The second-order valence-electron chi connectivity index (χ2n) is 18.3. The first-order chi connectivity index (χ1) is 31.6. The number of piperidine rings is 1. The molecule has 19 nitrogen and oxygen atoms in total. The molecule has 66 heavy (non-hydrogen) atoms. The van der Waals surface area contributed by atoms with Gasteiger partial charge >= 0.3 is 5.97 Å². The summed E-state index contributed by atoms with van der Waals surface area (Å²) in [6.45, 7) is 11.0. The Balaban J connectivity index is 1.42. The maximum Gasteiger partial charge on any atom is 0.326 e. The lowest BCUT2D eigenvalue weighted by molar-refractivity contribution is -0.149. The first kappa shape index (κ1) is 53.8. The summed E-state index contributed by atoms with van der Waals surface area (Å²) in [6, 6.07) is 5.18. The number of carbonyl (C=O) groups is 6. The number of hydrogen-bond donors (Lipinski definition) is 3. The molecule has 1 aromatic carbocycles. The van der Waals surface area contributed by atoms with E-state index in [1.54, 1.807) is 40.8 Å². The zero-order valence-electron chi connectivity index (χ0n) is 40.1. The molecule has 1 saturated carbocycles. The summed E-state index contributed by atoms with van der Waals surface area (Å²) in [5.41, 5.74) is 9.14. The molecule has 2 aliphatic heterocycles. The van der Waals surface area contributed by atoms with Gasteiger partial charge in [0.1, 0.15) is 18.1 Å². The van der Waals surface area contributed by atoms with Crippen LogP contribution in [0.2, 0.25) is 0 Å². The molecule has 368 valence electrons. The number of fused-ring (bicyclic) bond motifs is 2. The van der Waals surface area contributed by atoms with Crippen molar-refractivity contribution in [2.45, 2.75) is 141 Å². The Morgan fingerprint density at radius 3 is 2.26 bits per heavy atom. The molecule has 3 N–H and O–H groups in total. The standard InChI is InChI=1S/C47H74N8O11/c1-9-30(4)41(37(63-7)28-39(57)54-21-13-16-36(54)43(64-8)31(5)44(58)50-35(47(61)62)26-32-14-11-10-12-15-32)53(6)46(60)40(29(2)3)51-45(59)42-33-17-18-34(27-33)55(42)38(56)19-22-65-24-25-66-23-20-49-52-48/h10-12,14-15,29-31,33-37,40-43H,9,13,16-28H2,1-8H3,(H,50,58)(H,51,59)(H,61,62)/t30?,31?,33-,34+,35?,36-,37?,40?,41?,42-,43?/m0/s1. The number of azide groups is 1. The number of carbonyl (C=O) groups excluding carboxylic acids is 5. The Morgan fingerprint density at radius 2 is 1.64 bits per heavy atom. The van der Waals surface area contributed by atoms with Crippen molar-refractivity contribution in [2.75, 3.05) is 60.8 Å². The summed E-state index contributed by atoms with van der Waals surface area (Å²) in [5, 5.41) is 19.1. The Morgan fingerprint density at radius 1 is 0.939 bits per heavy atom. The van der Waals surface area contributed by atoms with Gasteiger partial charge < -0.3 is 49.4 Å². The second-order valence-corrected chi connectivity index (χ2v) is 18.3. The molecule has 7 unspecified atom stereocenters. The number of carboxylic acid groups (broad SMARTS) is 1. The van der Waals surface area contributed by atoms with E-state index in [0.29, 0.717) is 25.8 Å². The second kappa shape index (κ2) is 26.5. The number of ether oxygens (including phenoxy) is 4. The van der Waals surface area contributed by atoms with Gasteiger partial charge in [0.05, 0.1) is 69.5 Å². The van der Waals surface area contributed by atoms with Crippen LogP contribution in [0, 0.1) is 23.7 Å². The third-order valence-corrected chi connectivity index (χ3v) is 13.8. The molecule has 1 aliphatic carbocycles. The van der Waals surface area contributed by atoms with Gasteiger partial charge in [-0.3, -0.25) is 24.0 Å². The number of benzene rings is 1. The molecule has 3 fully saturated rings. The van der Waals surface area contributed by atoms with Crippen molar-refractivity contribution in [1.29, 1.82) is 0 Å². The largest absolute Gasteiger partial charge is 0.480 e. The molecule has 0 aromatic heterocycles. The average molecular weight is 927 g/mol. The van der Waals surface area contributed by atoms with E-state index < -0.39 is 60.2 Å². The third kappa shape index (κ3) is 14.1. The highest BCUT2D eigenvalue weighted by Crippen LogP contribution is 2.43. The zero-order chi connectivity index (χ0) is 48.5. The fraction of sp³-hybridized carbons (Fsp3) is 0.745. The van der Waals surface area contributed by atoms with Crippen molar-refractivity contribution in [3.63, 3.8) is 0 Å². The number of nitrogens with zero attached hydrogens (tertiary/aromatic N) is 6. The molecule has 19 heteroatoms. The Kier molecular flexibility index (Phi) is 21.6. The van der Waals surface area contributed by atoms with E-state index in [1.165, 1.54) is 14.2 Å². The van der Waals surface area contributed by atoms with Crippen molar-refractivity contribution in [1.82, 2.24) is 25.3 Å². The fourth-order valence-corrected chi connectivity index (χ4v) is 10.1. The topological polar surface area (TPSA) is 242 Å². The zero-order valence-corrected chi connectivity index (χ0v) is 40.1. The number of likely N-dealkylation sites (tertiary alicyclic amines) is 2. The van der Waals surface area contributed by atoms with Crippen LogP contribution in [0.3, 0.4) is 0 Å². The van der Waals surface area contributed by atoms with E-state index in [2.05, 4.69) is 20.7 Å². The molecular formula is C47H74N8O11. The molecule has 2 bridgehead atoms. The van der Waals surface area contributed by atoms with Crippen LogP contribution < -0.4 is 10.6 Å². The SMILES string of the molecule is CCC(C)C(C(CC(=O)N1CCC[C@H]1C(OC)C(C)C(=O)NC(Cc1ccccc1)C(=O)O)OC)N(C)C(=O)C(NC(=O)[C@@H]1[C@H]2CC[C@H](C2)N1C(=O)CCOCCOCCN=[N+]=[N-])C(C)C. The summed E-state index contributed by atoms with van der Waals surface area (Å²) in [7, 11) is 4.68. The van der Waals surface area contributed by atoms with Gasteiger partial charge in [0.25, 0.3) is 0 Å². The quantitative estimate of drug-likeness (QED) is 0.0470. The van der Waals surface area contributed by atoms with Gasteiger partial charge in [-0.05, 0) is 61.0 Å². The normalized spacial score (nSPS) is 22.1. The highest BCUT2D eigenvalue weighted by molar-refractivity contribution is 5.93. The lowest BCUT2D eigenvalue weighted by Gasteiger charge is -2.41. The number of amides is 5. The predicted molar refractivity (Wildman–Crippen MR) is 245 cm³/mol. The van der Waals surface area contributed by atoms with E-state index in [-0.39, 0.29) is 99.7 Å². The van der Waals surface area contributed by atoms with Gasteiger partial charge in [0.15, 0.2) is 0 Å². The van der Waals surface area contributed by atoms with Gasteiger partial charge in [-0.25, -0.2) is 4.79 Å². The summed E-state index contributed by atoms with van der Waals surface area (Å²) in [5.74, 6) is -3.99. The smallest absolute Gasteiger partial charge is 0.326 e. The molecule has 2 heterocycles. The molecule has 1 aromatic rings. The van der Waals surface area contributed by atoms with Crippen molar-refractivity contribution < 1.29 is 52.8 Å². The molecular weight excluding hydrogens is 853 g/mol. The van der Waals surface area contributed by atoms with Crippen LogP contribution in [0.25, 0.3) is 10.4 Å². The monoisotopic (exact) mass is 927 g/mol. The van der Waals surface area contributed by atoms with Gasteiger partial charge in [-0.15, -0.1) is 0 Å². The number of carboxylic acids is 1. The average Bonchev–Trinajstić information content (AvgIpc) is 4.08. The third-order valence-electron chi connectivity index (χ3n) is 13.8. The van der Waals surface area contributed by atoms with Crippen LogP contribution in [0.5, 0.6) is 0 Å². The minimum atomic E-state index is -1.16. The molecule has 3 aliphatic rings. The molecule has 2 saturated heterocycles. The van der Waals surface area contributed by atoms with E-state index in [4.69, 9.17) is 24.5 Å². The lowest BCUT2D eigenvalue weighted by atomic mass is 9.89. The van der Waals surface area contributed by atoms with Crippen LogP contribution >= 0.6 is 0 Å². The maximum absolute atomic E-state index is 14.6. The molecule has 4 rings (SSSR count). The molecule has 0 spiro atoms. The van der Waals surface area contributed by atoms with Gasteiger partial charge in [-0.2, -0.15) is 0 Å². The van der Waals surface area contributed by atoms with Crippen molar-refractivity contribution in [3.05, 3.63) is 46.3 Å². The van der Waals surface area contributed by atoms with Crippen molar-refractivity contribution in [3.8, 4) is 0 Å². The Hall–Kier alpha value is -4.81. The van der Waals surface area contributed by atoms with Gasteiger partial charge in [0.2, 0.25) is 29.5 Å². The summed E-state index contributed by atoms with van der Waals surface area (Å²) in [6.07, 6.45) is 2.94. The van der Waals surface area contributed by atoms with Crippen LogP contribution in [-0.2, 0) is 54.1 Å². The summed E-state index contributed by atoms with van der Waals surface area (Å²) in [4.78, 5) is 90.2. The van der Waals surface area contributed by atoms with Gasteiger partial charge in [-0.1, -0.05) is 76.5 Å². The minimum absolute atomic E-state index is 0.0208. The number of methoxy groups -OCH3 is 2. The van der Waals surface area contributed by atoms with E-state index in [1.807, 2.05) is 45.9 Å². The highest BCUT2D eigenvalue weighted by Gasteiger charge is 2.52. The van der Waals surface area contributed by atoms with E-state index >= 15 is 0 Å². The number of nitrogens with one attached hydrogen (secondary N) is 2. The van der Waals surface area contributed by atoms with E-state index in [0.717, 1.165) is 24.8 Å². The van der Waals surface area contributed by atoms with Crippen molar-refractivity contribution in [2.24, 2.45) is 28.8 Å². The molecule has 11 atom stereocenters. The first-order valence-electron chi connectivity index (χ1n) is 23.6. The van der Waals surface area contributed by atoms with Crippen LogP contribution in [-0.4, -0.2) is 165 Å². The number of hydrogen-bond acceptors (Lipinski definition) is 11. The highest BCUT2D eigenvalue weighted by atomic mass is 16.5. The predicted octanol–water partition coefficient (Wildman–Crippen LogP) is 3.97. The summed E-state index contributed by atoms with van der Waals surface area (Å²) < 4.78 is 22.9. The van der Waals surface area contributed by atoms with Crippen LogP contribution in [0.15, 0.2) is 35.4 Å². The Bertz CT molecular complexity index is 1820. The maximum atomic E-state index is 14.6. The minimum Gasteiger partial charge on any atom is -0.480 e. The fourth-order valence-electron chi connectivity index (χ4n) is 10.1. The molecule has 0 radical (unpaired) electrons. The van der Waals surface area contributed by atoms with Crippen molar-refractivity contribution >= 4 is 35.5 Å².